The molecular weight excluding hydrogens is 402 g/mol. The van der Waals surface area contributed by atoms with Crippen LogP contribution in [0.5, 0.6) is 0 Å². The molecule has 1 aromatic carbocycles. The summed E-state index contributed by atoms with van der Waals surface area (Å²) in [6, 6.07) is 9.41. The molecule has 0 aliphatic rings. The van der Waals surface area contributed by atoms with Crippen LogP contribution in [0.1, 0.15) is 18.2 Å². The van der Waals surface area contributed by atoms with Crippen molar-refractivity contribution in [1.82, 2.24) is 15.0 Å². The Kier molecular flexibility index (Phi) is 7.69. The van der Waals surface area contributed by atoms with Gasteiger partial charge in [-0.3, -0.25) is 4.79 Å². The molecule has 0 aliphatic carbocycles. The van der Waals surface area contributed by atoms with E-state index < -0.39 is 0 Å². The molecule has 0 atom stereocenters. The quantitative estimate of drug-likeness (QED) is 0.372. The highest BCUT2D eigenvalue weighted by Crippen LogP contribution is 2.31. The highest BCUT2D eigenvalue weighted by Gasteiger charge is 2.12. The predicted octanol–water partition coefficient (Wildman–Crippen LogP) is 3.82. The molecule has 0 unspecified atom stereocenters. The number of benzene rings is 1. The van der Waals surface area contributed by atoms with Crippen LogP contribution in [0.25, 0.3) is 10.6 Å². The lowest BCUT2D eigenvalue weighted by Gasteiger charge is -2.08. The molecule has 0 saturated carbocycles. The van der Waals surface area contributed by atoms with Crippen LogP contribution in [0.4, 0.5) is 16.8 Å². The van der Waals surface area contributed by atoms with Crippen molar-refractivity contribution in [3.8, 4) is 10.6 Å². The number of rotatable bonds is 10. The smallest absolute Gasteiger partial charge is 0.310 e. The molecule has 2 heterocycles. The fourth-order valence-electron chi connectivity index (χ4n) is 2.75. The van der Waals surface area contributed by atoms with Crippen molar-refractivity contribution in [2.24, 2.45) is 0 Å². The van der Waals surface area contributed by atoms with E-state index in [4.69, 9.17) is 9.47 Å². The molecule has 0 amide bonds. The number of methoxy groups -OCH3 is 1. The zero-order chi connectivity index (χ0) is 21.3. The summed E-state index contributed by atoms with van der Waals surface area (Å²) in [5.74, 6) is 0.185. The van der Waals surface area contributed by atoms with Crippen LogP contribution in [0.3, 0.4) is 0 Å². The standard InChI is InChI=1S/C21H25N5O3S/c1-4-22-21-24-14(2)19(30-21)17-8-9-23-20(26-17)25-16-7-5-6-15(12-16)13-18(27)29-11-10-28-3/h5-9,12H,4,10-11,13H2,1-3H3,(H,22,24)(H,23,25,26). The molecule has 2 N–H and O–H groups in total. The van der Waals surface area contributed by atoms with Crippen LogP contribution in [0, 0.1) is 6.92 Å². The summed E-state index contributed by atoms with van der Waals surface area (Å²) < 4.78 is 10.0. The van der Waals surface area contributed by atoms with E-state index in [9.17, 15) is 4.79 Å². The first-order valence-corrected chi connectivity index (χ1v) is 10.5. The molecule has 0 saturated heterocycles. The minimum atomic E-state index is -0.292. The number of esters is 1. The number of aromatic nitrogens is 3. The SMILES string of the molecule is CCNc1nc(C)c(-c2ccnc(Nc3cccc(CC(=O)OCCOC)c3)n2)s1. The molecule has 0 radical (unpaired) electrons. The average molecular weight is 428 g/mol. The lowest BCUT2D eigenvalue weighted by atomic mass is 10.1. The first-order chi connectivity index (χ1) is 14.6. The van der Waals surface area contributed by atoms with Crippen LogP contribution in [-0.2, 0) is 20.7 Å². The van der Waals surface area contributed by atoms with E-state index in [1.54, 1.807) is 24.6 Å². The highest BCUT2D eigenvalue weighted by molar-refractivity contribution is 7.19. The van der Waals surface area contributed by atoms with E-state index in [1.165, 1.54) is 0 Å². The normalized spacial score (nSPS) is 10.6. The molecule has 0 bridgehead atoms. The summed E-state index contributed by atoms with van der Waals surface area (Å²) in [6.07, 6.45) is 1.90. The first-order valence-electron chi connectivity index (χ1n) is 9.64. The first kappa shape index (κ1) is 21.7. The fraction of sp³-hybridized carbons (Fsp3) is 0.333. The van der Waals surface area contributed by atoms with E-state index in [2.05, 4.69) is 25.6 Å². The maximum atomic E-state index is 11.9. The third-order valence-electron chi connectivity index (χ3n) is 4.09. The second kappa shape index (κ2) is 10.7. The van der Waals surface area contributed by atoms with Crippen LogP contribution in [0.15, 0.2) is 36.5 Å². The zero-order valence-electron chi connectivity index (χ0n) is 17.3. The van der Waals surface area contributed by atoms with Gasteiger partial charge in [0.05, 0.1) is 29.3 Å². The van der Waals surface area contributed by atoms with Crippen LogP contribution >= 0.6 is 11.3 Å². The zero-order valence-corrected chi connectivity index (χ0v) is 18.1. The van der Waals surface area contributed by atoms with Crippen molar-refractivity contribution in [1.29, 1.82) is 0 Å². The Hall–Kier alpha value is -3.04. The number of ether oxygens (including phenoxy) is 2. The number of nitrogens with one attached hydrogen (secondary N) is 2. The minimum absolute atomic E-state index is 0.188. The lowest BCUT2D eigenvalue weighted by molar-refractivity contribution is -0.144. The molecule has 0 fully saturated rings. The van der Waals surface area contributed by atoms with Crippen LogP contribution in [-0.4, -0.2) is 47.8 Å². The second-order valence-electron chi connectivity index (χ2n) is 6.44. The molecule has 30 heavy (non-hydrogen) atoms. The summed E-state index contributed by atoms with van der Waals surface area (Å²) >= 11 is 1.57. The molecule has 9 heteroatoms. The van der Waals surface area contributed by atoms with Gasteiger partial charge in [-0.2, -0.15) is 0 Å². The van der Waals surface area contributed by atoms with Gasteiger partial charge in [-0.1, -0.05) is 23.5 Å². The summed E-state index contributed by atoms with van der Waals surface area (Å²) in [5, 5.41) is 7.32. The molecule has 158 valence electrons. The molecule has 3 rings (SSSR count). The monoisotopic (exact) mass is 427 g/mol. The number of hydrogen-bond donors (Lipinski definition) is 2. The van der Waals surface area contributed by atoms with Crippen molar-refractivity contribution in [3.05, 3.63) is 47.8 Å². The van der Waals surface area contributed by atoms with Crippen molar-refractivity contribution >= 4 is 34.1 Å². The summed E-state index contributed by atoms with van der Waals surface area (Å²) in [5.41, 5.74) is 3.37. The Labute approximate surface area is 179 Å². The molecule has 0 spiro atoms. The Morgan fingerprint density at radius 1 is 1.20 bits per heavy atom. The predicted molar refractivity (Wildman–Crippen MR) is 118 cm³/mol. The summed E-state index contributed by atoms with van der Waals surface area (Å²) in [6.45, 7) is 5.46. The number of hydrogen-bond acceptors (Lipinski definition) is 9. The van der Waals surface area contributed by atoms with Crippen molar-refractivity contribution in [3.63, 3.8) is 0 Å². The van der Waals surface area contributed by atoms with Gasteiger partial charge in [0.2, 0.25) is 5.95 Å². The highest BCUT2D eigenvalue weighted by atomic mass is 32.1. The molecule has 3 aromatic rings. The molecule has 2 aromatic heterocycles. The summed E-state index contributed by atoms with van der Waals surface area (Å²) in [7, 11) is 1.57. The van der Waals surface area contributed by atoms with Gasteiger partial charge < -0.3 is 20.1 Å². The van der Waals surface area contributed by atoms with E-state index in [-0.39, 0.29) is 19.0 Å². The maximum Gasteiger partial charge on any atom is 0.310 e. The third kappa shape index (κ3) is 5.98. The third-order valence-corrected chi connectivity index (χ3v) is 5.23. The van der Waals surface area contributed by atoms with Crippen molar-refractivity contribution < 1.29 is 14.3 Å². The topological polar surface area (TPSA) is 98.3 Å². The Morgan fingerprint density at radius 2 is 2.07 bits per heavy atom. The fourth-order valence-corrected chi connectivity index (χ4v) is 3.76. The number of carbonyl (C=O) groups is 1. The van der Waals surface area contributed by atoms with Gasteiger partial charge in [0, 0.05) is 25.5 Å². The van der Waals surface area contributed by atoms with Gasteiger partial charge in [0.25, 0.3) is 0 Å². The number of aryl methyl sites for hydroxylation is 1. The van der Waals surface area contributed by atoms with Crippen molar-refractivity contribution in [2.45, 2.75) is 20.3 Å². The number of nitrogens with zero attached hydrogens (tertiary/aromatic N) is 3. The number of anilines is 3. The largest absolute Gasteiger partial charge is 0.463 e. The van der Waals surface area contributed by atoms with Crippen LogP contribution < -0.4 is 10.6 Å². The average Bonchev–Trinajstić information content (AvgIpc) is 3.09. The van der Waals surface area contributed by atoms with Gasteiger partial charge in [0.1, 0.15) is 6.61 Å². The van der Waals surface area contributed by atoms with Crippen molar-refractivity contribution in [2.75, 3.05) is 37.5 Å². The van der Waals surface area contributed by atoms with E-state index in [0.717, 1.165) is 39.2 Å². The van der Waals surface area contributed by atoms with E-state index in [0.29, 0.717) is 12.6 Å². The molecular formula is C21H25N5O3S. The van der Waals surface area contributed by atoms with Gasteiger partial charge >= 0.3 is 5.97 Å². The van der Waals surface area contributed by atoms with Crippen LogP contribution in [0.2, 0.25) is 0 Å². The van der Waals surface area contributed by atoms with Gasteiger partial charge in [-0.05, 0) is 37.6 Å². The molecule has 0 aliphatic heterocycles. The minimum Gasteiger partial charge on any atom is -0.463 e. The van der Waals surface area contributed by atoms with E-state index in [1.807, 2.05) is 44.2 Å². The van der Waals surface area contributed by atoms with Gasteiger partial charge in [-0.25, -0.2) is 15.0 Å². The Morgan fingerprint density at radius 3 is 2.87 bits per heavy atom. The maximum absolute atomic E-state index is 11.9. The number of thiazole rings is 1. The lowest BCUT2D eigenvalue weighted by Crippen LogP contribution is -2.12. The van der Waals surface area contributed by atoms with E-state index >= 15 is 0 Å². The Bertz CT molecular complexity index is 992. The molecule has 8 nitrogen and oxygen atoms in total. The van der Waals surface area contributed by atoms with Gasteiger partial charge in [-0.15, -0.1) is 0 Å². The number of carbonyl (C=O) groups excluding carboxylic acids is 1. The summed E-state index contributed by atoms with van der Waals surface area (Å²) in [4.78, 5) is 26.4. The Balaban J connectivity index is 1.70. The van der Waals surface area contributed by atoms with Gasteiger partial charge in [0.15, 0.2) is 5.13 Å². The second-order valence-corrected chi connectivity index (χ2v) is 7.44.